The number of rotatable bonds is 3. The van der Waals surface area contributed by atoms with Crippen LogP contribution < -0.4 is 4.90 Å². The van der Waals surface area contributed by atoms with E-state index in [1.54, 1.807) is 0 Å². The van der Waals surface area contributed by atoms with Crippen LogP contribution in [0.1, 0.15) is 35.3 Å². The van der Waals surface area contributed by atoms with Crippen molar-refractivity contribution in [3.05, 3.63) is 17.6 Å². The molecule has 17 heavy (non-hydrogen) atoms. The molecule has 0 radical (unpaired) electrons. The SMILES string of the molecule is O=C(O)c1ncnc(N2CCCCC2)c1CO. The van der Waals surface area contributed by atoms with E-state index in [-0.39, 0.29) is 12.3 Å². The van der Waals surface area contributed by atoms with E-state index < -0.39 is 5.97 Å². The van der Waals surface area contributed by atoms with Crippen LogP contribution in [-0.4, -0.2) is 39.2 Å². The highest BCUT2D eigenvalue weighted by molar-refractivity contribution is 5.88. The van der Waals surface area contributed by atoms with Crippen molar-refractivity contribution in [2.75, 3.05) is 18.0 Å². The number of carboxylic acids is 1. The number of aromatic nitrogens is 2. The number of carboxylic acid groups (broad SMARTS) is 1. The predicted molar refractivity (Wildman–Crippen MR) is 61.0 cm³/mol. The molecule has 92 valence electrons. The molecule has 0 aliphatic carbocycles. The first-order valence-electron chi connectivity index (χ1n) is 5.67. The summed E-state index contributed by atoms with van der Waals surface area (Å²) in [7, 11) is 0. The van der Waals surface area contributed by atoms with Crippen molar-refractivity contribution in [1.82, 2.24) is 9.97 Å². The molecule has 1 fully saturated rings. The molecule has 2 heterocycles. The molecule has 2 rings (SSSR count). The lowest BCUT2D eigenvalue weighted by atomic mass is 10.1. The lowest BCUT2D eigenvalue weighted by Crippen LogP contribution is -2.31. The fourth-order valence-corrected chi connectivity index (χ4v) is 2.11. The van der Waals surface area contributed by atoms with Crippen LogP contribution in [0.3, 0.4) is 0 Å². The highest BCUT2D eigenvalue weighted by Crippen LogP contribution is 2.23. The highest BCUT2D eigenvalue weighted by atomic mass is 16.4. The van der Waals surface area contributed by atoms with Crippen molar-refractivity contribution in [3.8, 4) is 0 Å². The first-order chi connectivity index (χ1) is 8.24. The third-order valence-corrected chi connectivity index (χ3v) is 2.94. The number of hydrogen-bond acceptors (Lipinski definition) is 5. The van der Waals surface area contributed by atoms with Gasteiger partial charge < -0.3 is 15.1 Å². The van der Waals surface area contributed by atoms with Gasteiger partial charge in [0.1, 0.15) is 12.1 Å². The van der Waals surface area contributed by atoms with Gasteiger partial charge >= 0.3 is 5.97 Å². The molecule has 0 aromatic carbocycles. The summed E-state index contributed by atoms with van der Waals surface area (Å²) in [4.78, 5) is 20.8. The van der Waals surface area contributed by atoms with E-state index in [4.69, 9.17) is 5.11 Å². The second-order valence-corrected chi connectivity index (χ2v) is 4.04. The van der Waals surface area contributed by atoms with Gasteiger partial charge in [0.15, 0.2) is 5.69 Å². The first kappa shape index (κ1) is 11.8. The molecule has 1 aliphatic heterocycles. The van der Waals surface area contributed by atoms with Crippen LogP contribution >= 0.6 is 0 Å². The maximum Gasteiger partial charge on any atom is 0.355 e. The van der Waals surface area contributed by atoms with Crippen LogP contribution in [0.5, 0.6) is 0 Å². The number of nitrogens with zero attached hydrogens (tertiary/aromatic N) is 3. The summed E-state index contributed by atoms with van der Waals surface area (Å²) in [6.45, 7) is 1.35. The predicted octanol–water partition coefficient (Wildman–Crippen LogP) is 0.657. The van der Waals surface area contributed by atoms with Gasteiger partial charge in [0.2, 0.25) is 0 Å². The number of piperidine rings is 1. The fourth-order valence-electron chi connectivity index (χ4n) is 2.11. The first-order valence-corrected chi connectivity index (χ1v) is 5.67. The quantitative estimate of drug-likeness (QED) is 0.803. The lowest BCUT2D eigenvalue weighted by Gasteiger charge is -2.29. The number of aromatic carboxylic acids is 1. The summed E-state index contributed by atoms with van der Waals surface area (Å²) in [5, 5.41) is 18.3. The lowest BCUT2D eigenvalue weighted by molar-refractivity contribution is 0.0686. The zero-order chi connectivity index (χ0) is 12.3. The Hall–Kier alpha value is -1.69. The average molecular weight is 237 g/mol. The molecular formula is C11H15N3O3. The Bertz CT molecular complexity index is 416. The molecule has 1 aliphatic rings. The Kier molecular flexibility index (Phi) is 3.53. The minimum absolute atomic E-state index is 0.108. The van der Waals surface area contributed by atoms with Crippen molar-refractivity contribution < 1.29 is 15.0 Å². The smallest absolute Gasteiger partial charge is 0.355 e. The van der Waals surface area contributed by atoms with E-state index in [0.29, 0.717) is 11.4 Å². The van der Waals surface area contributed by atoms with E-state index in [1.807, 2.05) is 4.90 Å². The molecular weight excluding hydrogens is 222 g/mol. The second kappa shape index (κ2) is 5.09. The summed E-state index contributed by atoms with van der Waals surface area (Å²) in [5.74, 6) is -0.575. The van der Waals surface area contributed by atoms with E-state index in [9.17, 15) is 9.90 Å². The fraction of sp³-hybridized carbons (Fsp3) is 0.545. The molecule has 1 aromatic heterocycles. The van der Waals surface area contributed by atoms with Gasteiger partial charge in [0.25, 0.3) is 0 Å². The van der Waals surface area contributed by atoms with Crippen LogP contribution in [0.15, 0.2) is 6.33 Å². The summed E-state index contributed by atoms with van der Waals surface area (Å²) < 4.78 is 0. The third-order valence-electron chi connectivity index (χ3n) is 2.94. The topological polar surface area (TPSA) is 86.5 Å². The monoisotopic (exact) mass is 237 g/mol. The van der Waals surface area contributed by atoms with Gasteiger partial charge in [-0.05, 0) is 19.3 Å². The minimum atomic E-state index is -1.13. The van der Waals surface area contributed by atoms with E-state index in [1.165, 1.54) is 12.7 Å². The van der Waals surface area contributed by atoms with Crippen LogP contribution in [-0.2, 0) is 6.61 Å². The van der Waals surface area contributed by atoms with Crippen LogP contribution in [0.25, 0.3) is 0 Å². The Morgan fingerprint density at radius 2 is 2.00 bits per heavy atom. The largest absolute Gasteiger partial charge is 0.476 e. The summed E-state index contributed by atoms with van der Waals surface area (Å²) in [6, 6.07) is 0. The Morgan fingerprint density at radius 3 is 2.59 bits per heavy atom. The maximum absolute atomic E-state index is 11.0. The Balaban J connectivity index is 2.38. The average Bonchev–Trinajstić information content (AvgIpc) is 2.38. The zero-order valence-electron chi connectivity index (χ0n) is 9.46. The molecule has 6 nitrogen and oxygen atoms in total. The van der Waals surface area contributed by atoms with Crippen molar-refractivity contribution in [3.63, 3.8) is 0 Å². The summed E-state index contributed by atoms with van der Waals surface area (Å²) >= 11 is 0. The van der Waals surface area contributed by atoms with Crippen molar-refractivity contribution in [2.24, 2.45) is 0 Å². The van der Waals surface area contributed by atoms with E-state index in [2.05, 4.69) is 9.97 Å². The minimum Gasteiger partial charge on any atom is -0.476 e. The van der Waals surface area contributed by atoms with Crippen LogP contribution in [0, 0.1) is 0 Å². The van der Waals surface area contributed by atoms with Gasteiger partial charge in [-0.15, -0.1) is 0 Å². The number of anilines is 1. The van der Waals surface area contributed by atoms with Gasteiger partial charge in [0.05, 0.1) is 12.2 Å². The molecule has 6 heteroatoms. The van der Waals surface area contributed by atoms with E-state index >= 15 is 0 Å². The Morgan fingerprint density at radius 1 is 1.29 bits per heavy atom. The molecule has 1 aromatic rings. The molecule has 1 saturated heterocycles. The van der Waals surface area contributed by atoms with Crippen molar-refractivity contribution in [1.29, 1.82) is 0 Å². The van der Waals surface area contributed by atoms with Crippen molar-refractivity contribution in [2.45, 2.75) is 25.9 Å². The Labute approximate surface area is 98.9 Å². The number of carbonyl (C=O) groups is 1. The third kappa shape index (κ3) is 2.36. The molecule has 0 spiro atoms. The van der Waals surface area contributed by atoms with Gasteiger partial charge in [0, 0.05) is 13.1 Å². The number of aliphatic hydroxyl groups excluding tert-OH is 1. The summed E-state index contributed by atoms with van der Waals surface area (Å²) in [5.41, 5.74) is 0.199. The van der Waals surface area contributed by atoms with Gasteiger partial charge in [-0.2, -0.15) is 0 Å². The number of hydrogen-bond donors (Lipinski definition) is 2. The molecule has 0 bridgehead atoms. The normalized spacial score (nSPS) is 15.9. The highest BCUT2D eigenvalue weighted by Gasteiger charge is 2.21. The molecule has 2 N–H and O–H groups in total. The molecule has 0 atom stereocenters. The maximum atomic E-state index is 11.0. The second-order valence-electron chi connectivity index (χ2n) is 4.04. The molecule has 0 amide bonds. The molecule has 0 saturated carbocycles. The van der Waals surface area contributed by atoms with Gasteiger partial charge in [-0.1, -0.05) is 0 Å². The summed E-state index contributed by atoms with van der Waals surface area (Å²) in [6.07, 6.45) is 4.56. The van der Waals surface area contributed by atoms with E-state index in [0.717, 1.165) is 25.9 Å². The number of aliphatic hydroxyl groups is 1. The van der Waals surface area contributed by atoms with Crippen molar-refractivity contribution >= 4 is 11.8 Å². The van der Waals surface area contributed by atoms with Crippen LogP contribution in [0.4, 0.5) is 5.82 Å². The van der Waals surface area contributed by atoms with Crippen LogP contribution in [0.2, 0.25) is 0 Å². The van der Waals surface area contributed by atoms with Gasteiger partial charge in [-0.3, -0.25) is 0 Å². The molecule has 0 unspecified atom stereocenters. The zero-order valence-corrected chi connectivity index (χ0v) is 9.46. The standard InChI is InChI=1S/C11H15N3O3/c15-6-8-9(11(16)17)12-7-13-10(8)14-4-2-1-3-5-14/h7,15H,1-6H2,(H,16,17). The van der Waals surface area contributed by atoms with Gasteiger partial charge in [-0.25, -0.2) is 14.8 Å².